The van der Waals surface area contributed by atoms with Crippen LogP contribution in [0.5, 0.6) is 0 Å². The summed E-state index contributed by atoms with van der Waals surface area (Å²) in [4.78, 5) is 6.03. The minimum absolute atomic E-state index is 0.770. The van der Waals surface area contributed by atoms with Gasteiger partial charge >= 0.3 is 0 Å². The van der Waals surface area contributed by atoms with E-state index in [2.05, 4.69) is 69.1 Å². The van der Waals surface area contributed by atoms with E-state index in [-0.39, 0.29) is 0 Å². The Labute approximate surface area is 176 Å². The zero-order chi connectivity index (χ0) is 19.2. The van der Waals surface area contributed by atoms with Crippen LogP contribution in [0.25, 0.3) is 0 Å². The second-order valence-electron chi connectivity index (χ2n) is 6.93. The van der Waals surface area contributed by atoms with Gasteiger partial charge < -0.3 is 9.62 Å². The van der Waals surface area contributed by atoms with E-state index in [0.29, 0.717) is 0 Å². The van der Waals surface area contributed by atoms with Gasteiger partial charge in [-0.15, -0.1) is 0 Å². The van der Waals surface area contributed by atoms with Crippen molar-refractivity contribution in [1.29, 1.82) is 0 Å². The highest BCUT2D eigenvalue weighted by molar-refractivity contribution is 8.00. The molecule has 1 aliphatic rings. The molecule has 5 heteroatoms. The molecule has 1 N–H and O–H groups in total. The van der Waals surface area contributed by atoms with Crippen LogP contribution in [-0.2, 0) is 6.54 Å². The van der Waals surface area contributed by atoms with E-state index < -0.39 is 0 Å². The van der Waals surface area contributed by atoms with Crippen molar-refractivity contribution in [2.45, 2.75) is 11.4 Å². The van der Waals surface area contributed by atoms with E-state index in [0.717, 1.165) is 48.3 Å². The van der Waals surface area contributed by atoms with E-state index in [1.165, 1.54) is 11.3 Å². The quantitative estimate of drug-likeness (QED) is 0.520. The highest BCUT2D eigenvalue weighted by Crippen LogP contribution is 2.28. The molecule has 4 rings (SSSR count). The molecule has 3 nitrogen and oxygen atoms in total. The third kappa shape index (κ3) is 5.02. The van der Waals surface area contributed by atoms with Crippen molar-refractivity contribution in [3.8, 4) is 0 Å². The molecule has 28 heavy (non-hydrogen) atoms. The molecule has 144 valence electrons. The van der Waals surface area contributed by atoms with Gasteiger partial charge in [0.2, 0.25) is 0 Å². The SMILES string of the molecule is Clc1ccccc1SNc1ccc(CN2CCN(c3ccccc3)CC2)cc1. The Morgan fingerprint density at radius 2 is 1.46 bits per heavy atom. The molecule has 0 saturated carbocycles. The van der Waals surface area contributed by atoms with Crippen molar-refractivity contribution in [2.75, 3.05) is 35.8 Å². The van der Waals surface area contributed by atoms with Crippen molar-refractivity contribution in [3.05, 3.63) is 89.4 Å². The summed E-state index contributed by atoms with van der Waals surface area (Å²) in [5.74, 6) is 0. The monoisotopic (exact) mass is 409 g/mol. The van der Waals surface area contributed by atoms with Gasteiger partial charge in [0.05, 0.1) is 5.02 Å². The second-order valence-corrected chi connectivity index (χ2v) is 8.19. The van der Waals surface area contributed by atoms with Crippen LogP contribution in [0, 0.1) is 0 Å². The van der Waals surface area contributed by atoms with E-state index in [1.54, 1.807) is 11.9 Å². The van der Waals surface area contributed by atoms with Crippen LogP contribution in [0.15, 0.2) is 83.8 Å². The molecule has 1 fully saturated rings. The molecule has 0 aromatic heterocycles. The van der Waals surface area contributed by atoms with Crippen LogP contribution in [0.2, 0.25) is 5.02 Å². The number of hydrogen-bond donors (Lipinski definition) is 1. The first-order valence-electron chi connectivity index (χ1n) is 9.56. The highest BCUT2D eigenvalue weighted by Gasteiger charge is 2.17. The maximum atomic E-state index is 6.20. The standard InChI is InChI=1S/C23H24ClN3S/c24-22-8-4-5-9-23(22)28-25-20-12-10-19(11-13-20)18-26-14-16-27(17-15-26)21-6-2-1-3-7-21/h1-13,25H,14-18H2. The van der Waals surface area contributed by atoms with Gasteiger partial charge in [-0.25, -0.2) is 0 Å². The Hall–Kier alpha value is -2.14. The number of nitrogens with zero attached hydrogens (tertiary/aromatic N) is 2. The van der Waals surface area contributed by atoms with E-state index >= 15 is 0 Å². The lowest BCUT2D eigenvalue weighted by Crippen LogP contribution is -2.45. The predicted molar refractivity (Wildman–Crippen MR) is 121 cm³/mol. The van der Waals surface area contributed by atoms with Crippen LogP contribution in [0.3, 0.4) is 0 Å². The van der Waals surface area contributed by atoms with Crippen LogP contribution in [-0.4, -0.2) is 31.1 Å². The number of hydrogen-bond acceptors (Lipinski definition) is 4. The van der Waals surface area contributed by atoms with Crippen molar-refractivity contribution in [1.82, 2.24) is 4.90 Å². The number of piperazine rings is 1. The summed E-state index contributed by atoms with van der Waals surface area (Å²) >= 11 is 7.75. The first-order chi connectivity index (χ1) is 13.8. The zero-order valence-corrected chi connectivity index (χ0v) is 17.3. The van der Waals surface area contributed by atoms with Gasteiger partial charge in [0.15, 0.2) is 0 Å². The number of halogens is 1. The van der Waals surface area contributed by atoms with Crippen LogP contribution in [0.4, 0.5) is 11.4 Å². The largest absolute Gasteiger partial charge is 0.369 e. The second kappa shape index (κ2) is 9.37. The van der Waals surface area contributed by atoms with Crippen molar-refractivity contribution in [3.63, 3.8) is 0 Å². The lowest BCUT2D eigenvalue weighted by Gasteiger charge is -2.36. The maximum Gasteiger partial charge on any atom is 0.0559 e. The predicted octanol–water partition coefficient (Wildman–Crippen LogP) is 5.78. The molecule has 0 spiro atoms. The Bertz CT molecular complexity index is 878. The number of anilines is 2. The lowest BCUT2D eigenvalue weighted by molar-refractivity contribution is 0.250. The normalized spacial score (nSPS) is 14.8. The van der Waals surface area contributed by atoms with Crippen molar-refractivity contribution < 1.29 is 0 Å². The third-order valence-corrected chi connectivity index (χ3v) is 6.32. The zero-order valence-electron chi connectivity index (χ0n) is 15.7. The molecule has 3 aromatic rings. The summed E-state index contributed by atoms with van der Waals surface area (Å²) in [7, 11) is 0. The van der Waals surface area contributed by atoms with Gasteiger partial charge in [-0.2, -0.15) is 0 Å². The molecule has 1 heterocycles. The number of rotatable bonds is 6. The Balaban J connectivity index is 1.26. The molecule has 0 amide bonds. The van der Waals surface area contributed by atoms with Gasteiger partial charge in [-0.05, 0) is 53.9 Å². The average Bonchev–Trinajstić information content (AvgIpc) is 2.75. The van der Waals surface area contributed by atoms with Gasteiger partial charge in [0.1, 0.15) is 0 Å². The number of para-hydroxylation sites is 1. The summed E-state index contributed by atoms with van der Waals surface area (Å²) in [6.45, 7) is 5.35. The minimum atomic E-state index is 0.770. The molecule has 0 aliphatic carbocycles. The number of benzene rings is 3. The Morgan fingerprint density at radius 1 is 0.786 bits per heavy atom. The molecular formula is C23H24ClN3S. The molecule has 0 atom stereocenters. The topological polar surface area (TPSA) is 18.5 Å². The third-order valence-electron chi connectivity index (χ3n) is 4.97. The van der Waals surface area contributed by atoms with Gasteiger partial charge in [-0.3, -0.25) is 4.90 Å². The van der Waals surface area contributed by atoms with Crippen LogP contribution < -0.4 is 9.62 Å². The molecular weight excluding hydrogens is 386 g/mol. The number of nitrogens with one attached hydrogen (secondary N) is 1. The van der Waals surface area contributed by atoms with Gasteiger partial charge in [0, 0.05) is 49.0 Å². The highest BCUT2D eigenvalue weighted by atomic mass is 35.5. The van der Waals surface area contributed by atoms with E-state index in [4.69, 9.17) is 11.6 Å². The maximum absolute atomic E-state index is 6.20. The first kappa shape index (κ1) is 19.2. The molecule has 1 aliphatic heterocycles. The van der Waals surface area contributed by atoms with Gasteiger partial charge in [0.25, 0.3) is 0 Å². The molecule has 0 unspecified atom stereocenters. The van der Waals surface area contributed by atoms with E-state index in [1.807, 2.05) is 24.3 Å². The van der Waals surface area contributed by atoms with Crippen molar-refractivity contribution >= 4 is 34.9 Å². The summed E-state index contributed by atoms with van der Waals surface area (Å²) in [6, 6.07) is 27.3. The van der Waals surface area contributed by atoms with Gasteiger partial charge in [-0.1, -0.05) is 54.1 Å². The summed E-state index contributed by atoms with van der Waals surface area (Å²) < 4.78 is 3.37. The van der Waals surface area contributed by atoms with E-state index in [9.17, 15) is 0 Å². The van der Waals surface area contributed by atoms with Crippen molar-refractivity contribution in [2.24, 2.45) is 0 Å². The molecule has 3 aromatic carbocycles. The van der Waals surface area contributed by atoms with Crippen LogP contribution >= 0.6 is 23.5 Å². The summed E-state index contributed by atoms with van der Waals surface area (Å²) in [5, 5.41) is 0.770. The smallest absolute Gasteiger partial charge is 0.0559 e. The Morgan fingerprint density at radius 3 is 2.18 bits per heavy atom. The fourth-order valence-electron chi connectivity index (χ4n) is 3.38. The molecule has 1 saturated heterocycles. The Kier molecular flexibility index (Phi) is 6.42. The fourth-order valence-corrected chi connectivity index (χ4v) is 4.31. The summed E-state index contributed by atoms with van der Waals surface area (Å²) in [6.07, 6.45) is 0. The fraction of sp³-hybridized carbons (Fsp3) is 0.217. The first-order valence-corrected chi connectivity index (χ1v) is 10.8. The average molecular weight is 410 g/mol. The summed E-state index contributed by atoms with van der Waals surface area (Å²) in [5.41, 5.74) is 3.76. The molecule has 0 bridgehead atoms. The molecule has 0 radical (unpaired) electrons. The minimum Gasteiger partial charge on any atom is -0.369 e. The van der Waals surface area contributed by atoms with Crippen LogP contribution in [0.1, 0.15) is 5.56 Å². The lowest BCUT2D eigenvalue weighted by atomic mass is 10.1.